The molecule has 0 amide bonds. The van der Waals surface area contributed by atoms with Crippen molar-refractivity contribution in [3.8, 4) is 5.75 Å². The van der Waals surface area contributed by atoms with E-state index in [1.165, 1.54) is 27.7 Å². The molecule has 6 rings (SSSR count). The van der Waals surface area contributed by atoms with Crippen molar-refractivity contribution < 1.29 is 14.9 Å². The summed E-state index contributed by atoms with van der Waals surface area (Å²) in [5.41, 5.74) is 4.91. The summed E-state index contributed by atoms with van der Waals surface area (Å²) in [4.78, 5) is 2.54. The fraction of sp³-hybridized carbons (Fsp3) is 0.545. The van der Waals surface area contributed by atoms with Crippen LogP contribution in [0.2, 0.25) is 0 Å². The predicted octanol–water partition coefficient (Wildman–Crippen LogP) is 2.41. The maximum atomic E-state index is 10.4. The molecule has 3 fully saturated rings. The molecular weight excluding hydrogens is 340 g/mol. The molecule has 2 N–H and O–H groups in total. The first-order valence-electron chi connectivity index (χ1n) is 9.87. The van der Waals surface area contributed by atoms with Crippen LogP contribution >= 0.6 is 0 Å². The van der Waals surface area contributed by atoms with Crippen LogP contribution in [-0.2, 0) is 13.5 Å². The molecule has 1 aromatic heterocycles. The number of methoxy groups -OCH3 is 1. The molecule has 5 heteroatoms. The zero-order valence-electron chi connectivity index (χ0n) is 16.3. The molecule has 3 saturated heterocycles. The lowest BCUT2D eigenvalue weighted by atomic mass is 9.55. The smallest absolute Gasteiger partial charge is 0.119 e. The molecule has 0 spiro atoms. The number of rotatable bonds is 3. The minimum atomic E-state index is -0.463. The Morgan fingerprint density at radius 2 is 2.07 bits per heavy atom. The normalized spacial score (nSPS) is 32.1. The molecule has 4 aliphatic heterocycles. The number of hydrogen-bond donors (Lipinski definition) is 2. The highest BCUT2D eigenvalue weighted by atomic mass is 16.5. The van der Waals surface area contributed by atoms with Gasteiger partial charge in [0.2, 0.25) is 0 Å². The molecule has 0 saturated carbocycles. The number of nitrogens with zero attached hydrogens (tertiary/aromatic N) is 2. The number of ether oxygens (including phenoxy) is 1. The van der Waals surface area contributed by atoms with E-state index in [1.807, 2.05) is 6.07 Å². The molecule has 1 aromatic carbocycles. The first-order valence-corrected chi connectivity index (χ1v) is 9.87. The molecule has 4 bridgehead atoms. The highest BCUT2D eigenvalue weighted by molar-refractivity contribution is 5.87. The lowest BCUT2D eigenvalue weighted by Gasteiger charge is -2.63. The fourth-order valence-electron chi connectivity index (χ4n) is 6.28. The van der Waals surface area contributed by atoms with Gasteiger partial charge in [0.25, 0.3) is 0 Å². The predicted molar refractivity (Wildman–Crippen MR) is 105 cm³/mol. The van der Waals surface area contributed by atoms with Crippen LogP contribution in [0.1, 0.15) is 30.6 Å². The van der Waals surface area contributed by atoms with Crippen LogP contribution in [0, 0.1) is 11.3 Å². The van der Waals surface area contributed by atoms with Crippen molar-refractivity contribution in [1.82, 2.24) is 9.47 Å². The largest absolute Gasteiger partial charge is 0.497 e. The van der Waals surface area contributed by atoms with Gasteiger partial charge in [0.1, 0.15) is 5.75 Å². The second-order valence-electron chi connectivity index (χ2n) is 8.42. The molecule has 0 radical (unpaired) electrons. The van der Waals surface area contributed by atoms with Crippen molar-refractivity contribution in [3.63, 3.8) is 0 Å². The average Bonchev–Trinajstić information content (AvgIpc) is 2.99. The van der Waals surface area contributed by atoms with Gasteiger partial charge >= 0.3 is 0 Å². The SMILES string of the molecule is C/C=C1/CN2[C@H]3Cc4c(n(C)c5ccc(OC)cc45)[C@@H]2C[C@@H]1C3(CO)CO. The number of aliphatic hydroxyl groups excluding tert-OH is 2. The van der Waals surface area contributed by atoms with Crippen LogP contribution in [0.4, 0.5) is 0 Å². The molecule has 27 heavy (non-hydrogen) atoms. The van der Waals surface area contributed by atoms with Crippen molar-refractivity contribution in [2.75, 3.05) is 26.9 Å². The van der Waals surface area contributed by atoms with Crippen LogP contribution in [0.15, 0.2) is 29.8 Å². The Balaban J connectivity index is 1.74. The van der Waals surface area contributed by atoms with E-state index in [0.717, 1.165) is 25.1 Å². The van der Waals surface area contributed by atoms with Crippen LogP contribution in [0.5, 0.6) is 5.75 Å². The topological polar surface area (TPSA) is 57.9 Å². The first kappa shape index (κ1) is 17.3. The zero-order chi connectivity index (χ0) is 18.9. The number of aromatic nitrogens is 1. The highest BCUT2D eigenvalue weighted by Crippen LogP contribution is 2.59. The van der Waals surface area contributed by atoms with Gasteiger partial charge in [-0.15, -0.1) is 0 Å². The standard InChI is InChI=1S/C22H28N2O3/c1-4-13-10-24-19-9-17(13)22(11-25,12-26)20(24)8-16-15-7-14(27-3)5-6-18(15)23(2)21(16)19/h4-7,17,19-20,25-26H,8-12H2,1-3H3/b13-4-/t17-,19-,20-/m0/s1. The summed E-state index contributed by atoms with van der Waals surface area (Å²) in [5, 5.41) is 22.0. The molecule has 5 nitrogen and oxygen atoms in total. The van der Waals surface area contributed by atoms with Crippen LogP contribution in [0.25, 0.3) is 10.9 Å². The van der Waals surface area contributed by atoms with E-state index in [2.05, 4.69) is 41.6 Å². The Morgan fingerprint density at radius 3 is 2.74 bits per heavy atom. The third kappa shape index (κ3) is 2.00. The average molecular weight is 368 g/mol. The molecule has 144 valence electrons. The Bertz CT molecular complexity index is 941. The lowest BCUT2D eigenvalue weighted by molar-refractivity contribution is -0.141. The van der Waals surface area contributed by atoms with E-state index in [9.17, 15) is 10.2 Å². The van der Waals surface area contributed by atoms with Gasteiger partial charge in [-0.05, 0) is 49.4 Å². The summed E-state index contributed by atoms with van der Waals surface area (Å²) in [7, 11) is 3.87. The van der Waals surface area contributed by atoms with Crippen LogP contribution in [0.3, 0.4) is 0 Å². The van der Waals surface area contributed by atoms with Gasteiger partial charge in [0.05, 0.1) is 26.4 Å². The molecule has 4 aliphatic rings. The Kier molecular flexibility index (Phi) is 3.74. The quantitative estimate of drug-likeness (QED) is 0.817. The van der Waals surface area contributed by atoms with Gasteiger partial charge in [0, 0.05) is 41.6 Å². The number of allylic oxidation sites excluding steroid dienone is 1. The number of benzene rings is 1. The monoisotopic (exact) mass is 368 g/mol. The summed E-state index contributed by atoms with van der Waals surface area (Å²) >= 11 is 0. The van der Waals surface area contributed by atoms with Crippen molar-refractivity contribution >= 4 is 10.9 Å². The van der Waals surface area contributed by atoms with Gasteiger partial charge in [-0.2, -0.15) is 0 Å². The van der Waals surface area contributed by atoms with E-state index in [-0.39, 0.29) is 25.2 Å². The molecule has 5 heterocycles. The van der Waals surface area contributed by atoms with E-state index >= 15 is 0 Å². The molecule has 1 unspecified atom stereocenters. The fourth-order valence-corrected chi connectivity index (χ4v) is 6.28. The molecular formula is C22H28N2O3. The maximum absolute atomic E-state index is 10.4. The van der Waals surface area contributed by atoms with E-state index in [0.29, 0.717) is 6.04 Å². The molecule has 0 aliphatic carbocycles. The summed E-state index contributed by atoms with van der Waals surface area (Å²) in [6.07, 6.45) is 4.02. The minimum Gasteiger partial charge on any atom is -0.497 e. The van der Waals surface area contributed by atoms with Crippen LogP contribution < -0.4 is 4.74 Å². The summed E-state index contributed by atoms with van der Waals surface area (Å²) in [6.45, 7) is 3.09. The summed E-state index contributed by atoms with van der Waals surface area (Å²) < 4.78 is 7.82. The molecule has 4 atom stereocenters. The maximum Gasteiger partial charge on any atom is 0.119 e. The van der Waals surface area contributed by atoms with Gasteiger partial charge < -0.3 is 19.5 Å². The van der Waals surface area contributed by atoms with Gasteiger partial charge in [-0.1, -0.05) is 11.6 Å². The van der Waals surface area contributed by atoms with Crippen molar-refractivity contribution in [1.29, 1.82) is 0 Å². The third-order valence-electron chi connectivity index (χ3n) is 7.66. The lowest BCUT2D eigenvalue weighted by Crippen LogP contribution is -2.68. The number of aliphatic hydroxyl groups is 2. The molecule has 2 aromatic rings. The minimum absolute atomic E-state index is 0.0306. The van der Waals surface area contributed by atoms with Crippen molar-refractivity contribution in [2.24, 2.45) is 18.4 Å². The Hall–Kier alpha value is -1.82. The second kappa shape index (κ2) is 5.84. The van der Waals surface area contributed by atoms with E-state index < -0.39 is 5.41 Å². The summed E-state index contributed by atoms with van der Waals surface area (Å²) in [6, 6.07) is 6.83. The number of aryl methyl sites for hydroxylation is 1. The highest BCUT2D eigenvalue weighted by Gasteiger charge is 2.60. The number of fused-ring (bicyclic) bond motifs is 4. The van der Waals surface area contributed by atoms with Crippen molar-refractivity contribution in [3.05, 3.63) is 41.1 Å². The Labute approximate surface area is 159 Å². The van der Waals surface area contributed by atoms with Gasteiger partial charge in [0.15, 0.2) is 0 Å². The summed E-state index contributed by atoms with van der Waals surface area (Å²) in [5.74, 6) is 1.12. The van der Waals surface area contributed by atoms with Crippen molar-refractivity contribution in [2.45, 2.75) is 31.8 Å². The first-order chi connectivity index (χ1) is 13.1. The van der Waals surface area contributed by atoms with Gasteiger partial charge in [-0.3, -0.25) is 4.90 Å². The number of hydrogen-bond acceptors (Lipinski definition) is 4. The second-order valence-corrected chi connectivity index (χ2v) is 8.42. The van der Waals surface area contributed by atoms with Crippen LogP contribution in [-0.4, -0.2) is 52.6 Å². The van der Waals surface area contributed by atoms with Gasteiger partial charge in [-0.25, -0.2) is 0 Å². The Morgan fingerprint density at radius 1 is 1.30 bits per heavy atom. The zero-order valence-corrected chi connectivity index (χ0v) is 16.3. The van der Waals surface area contributed by atoms with E-state index in [4.69, 9.17) is 4.74 Å². The number of piperidine rings is 3. The third-order valence-corrected chi connectivity index (χ3v) is 7.66. The van der Waals surface area contributed by atoms with E-state index in [1.54, 1.807) is 7.11 Å².